The molecule has 0 aliphatic rings. The topological polar surface area (TPSA) is 33.3 Å². The predicted octanol–water partition coefficient (Wildman–Crippen LogP) is 1.69. The fourth-order valence-electron chi connectivity index (χ4n) is 1.16. The minimum atomic E-state index is 0.163. The Balaban J connectivity index is 2.20. The van der Waals surface area contributed by atoms with Crippen LogP contribution < -0.4 is 10.6 Å². The Hall–Kier alpha value is -1.13. The number of hydrogen-bond acceptors (Lipinski definition) is 2. The molecule has 0 spiro atoms. The van der Waals surface area contributed by atoms with Crippen LogP contribution in [0, 0.1) is 0 Å². The van der Waals surface area contributed by atoms with E-state index < -0.39 is 0 Å². The molecule has 0 saturated heterocycles. The van der Waals surface area contributed by atoms with Crippen LogP contribution in [0.5, 0.6) is 0 Å². The third-order valence-electron chi connectivity index (χ3n) is 2.25. The van der Waals surface area contributed by atoms with E-state index in [9.17, 15) is 0 Å². The zero-order chi connectivity index (χ0) is 11.8. The number of hydrogen-bond donors (Lipinski definition) is 2. The van der Waals surface area contributed by atoms with E-state index in [1.54, 1.807) is 7.11 Å². The third-order valence-corrected chi connectivity index (χ3v) is 2.54. The Morgan fingerprint density at radius 2 is 2.00 bits per heavy atom. The summed E-state index contributed by atoms with van der Waals surface area (Å²) in [7, 11) is 1.69. The van der Waals surface area contributed by atoms with Crippen molar-refractivity contribution in [3.05, 3.63) is 35.9 Å². The van der Waals surface area contributed by atoms with Gasteiger partial charge in [0, 0.05) is 20.2 Å². The molecular formula is C12H18N2OS. The maximum atomic E-state index is 5.14. The molecule has 88 valence electrons. The van der Waals surface area contributed by atoms with Crippen LogP contribution in [0.3, 0.4) is 0 Å². The third kappa shape index (κ3) is 5.09. The minimum absolute atomic E-state index is 0.163. The van der Waals surface area contributed by atoms with Crippen LogP contribution in [0.15, 0.2) is 30.3 Å². The van der Waals surface area contributed by atoms with E-state index in [-0.39, 0.29) is 6.10 Å². The normalized spacial score (nSPS) is 11.9. The van der Waals surface area contributed by atoms with E-state index >= 15 is 0 Å². The molecule has 16 heavy (non-hydrogen) atoms. The molecule has 0 amide bonds. The van der Waals surface area contributed by atoms with Gasteiger partial charge in [-0.2, -0.15) is 0 Å². The van der Waals surface area contributed by atoms with Gasteiger partial charge in [-0.15, -0.1) is 0 Å². The molecule has 1 rings (SSSR count). The molecule has 1 atom stereocenters. The Morgan fingerprint density at radius 3 is 2.62 bits per heavy atom. The van der Waals surface area contributed by atoms with Gasteiger partial charge in [0.15, 0.2) is 5.11 Å². The van der Waals surface area contributed by atoms with Crippen molar-refractivity contribution in [1.82, 2.24) is 10.6 Å². The van der Waals surface area contributed by atoms with E-state index in [0.717, 1.165) is 13.1 Å². The van der Waals surface area contributed by atoms with Gasteiger partial charge in [-0.1, -0.05) is 30.3 Å². The molecule has 0 bridgehead atoms. The lowest BCUT2D eigenvalue weighted by Crippen LogP contribution is -2.38. The van der Waals surface area contributed by atoms with Gasteiger partial charge in [-0.3, -0.25) is 0 Å². The number of rotatable bonds is 5. The summed E-state index contributed by atoms with van der Waals surface area (Å²) in [5.74, 6) is 0. The van der Waals surface area contributed by atoms with Crippen molar-refractivity contribution >= 4 is 17.3 Å². The molecule has 0 heterocycles. The van der Waals surface area contributed by atoms with Crippen molar-refractivity contribution < 1.29 is 4.74 Å². The van der Waals surface area contributed by atoms with Crippen molar-refractivity contribution in [2.75, 3.05) is 13.7 Å². The lowest BCUT2D eigenvalue weighted by molar-refractivity contribution is 0.121. The minimum Gasteiger partial charge on any atom is -0.380 e. The van der Waals surface area contributed by atoms with E-state index in [4.69, 9.17) is 17.0 Å². The van der Waals surface area contributed by atoms with Crippen molar-refractivity contribution in [3.8, 4) is 0 Å². The summed E-state index contributed by atoms with van der Waals surface area (Å²) in [5.41, 5.74) is 1.21. The summed E-state index contributed by atoms with van der Waals surface area (Å²) in [6.07, 6.45) is 0.163. The first-order valence-corrected chi connectivity index (χ1v) is 5.71. The van der Waals surface area contributed by atoms with Crippen LogP contribution >= 0.6 is 12.2 Å². The Bertz CT molecular complexity index is 316. The highest BCUT2D eigenvalue weighted by Crippen LogP contribution is 1.96. The lowest BCUT2D eigenvalue weighted by atomic mass is 10.2. The zero-order valence-corrected chi connectivity index (χ0v) is 10.5. The monoisotopic (exact) mass is 238 g/mol. The molecule has 1 unspecified atom stereocenters. The summed E-state index contributed by atoms with van der Waals surface area (Å²) >= 11 is 5.14. The average Bonchev–Trinajstić information content (AvgIpc) is 2.34. The van der Waals surface area contributed by atoms with Crippen LogP contribution in [-0.2, 0) is 11.3 Å². The van der Waals surface area contributed by atoms with E-state index in [2.05, 4.69) is 22.8 Å². The lowest BCUT2D eigenvalue weighted by Gasteiger charge is -2.13. The van der Waals surface area contributed by atoms with Gasteiger partial charge in [0.25, 0.3) is 0 Å². The Morgan fingerprint density at radius 1 is 1.31 bits per heavy atom. The largest absolute Gasteiger partial charge is 0.380 e. The number of methoxy groups -OCH3 is 1. The smallest absolute Gasteiger partial charge is 0.166 e. The Labute approximate surface area is 102 Å². The molecule has 1 aromatic carbocycles. The van der Waals surface area contributed by atoms with E-state index in [0.29, 0.717) is 5.11 Å². The molecule has 3 nitrogen and oxygen atoms in total. The zero-order valence-electron chi connectivity index (χ0n) is 9.69. The molecule has 0 aromatic heterocycles. The van der Waals surface area contributed by atoms with Crippen LogP contribution in [0.1, 0.15) is 12.5 Å². The highest BCUT2D eigenvalue weighted by Gasteiger charge is 2.00. The van der Waals surface area contributed by atoms with Gasteiger partial charge in [0.2, 0.25) is 0 Å². The number of benzene rings is 1. The van der Waals surface area contributed by atoms with Gasteiger partial charge in [0.05, 0.1) is 6.10 Å². The SMILES string of the molecule is COC(C)CNC(=S)NCc1ccccc1. The second-order valence-electron chi connectivity index (χ2n) is 3.60. The summed E-state index contributed by atoms with van der Waals surface area (Å²) in [6.45, 7) is 3.46. The standard InChI is InChI=1S/C12H18N2OS/c1-10(15-2)8-13-12(16)14-9-11-6-4-3-5-7-11/h3-7,10H,8-9H2,1-2H3,(H2,13,14,16). The van der Waals surface area contributed by atoms with Gasteiger partial charge in [0.1, 0.15) is 0 Å². The van der Waals surface area contributed by atoms with Crippen molar-refractivity contribution in [3.63, 3.8) is 0 Å². The quantitative estimate of drug-likeness (QED) is 0.765. The first-order chi connectivity index (χ1) is 7.72. The summed E-state index contributed by atoms with van der Waals surface area (Å²) < 4.78 is 5.11. The first-order valence-electron chi connectivity index (χ1n) is 5.31. The fourth-order valence-corrected chi connectivity index (χ4v) is 1.32. The van der Waals surface area contributed by atoms with Gasteiger partial charge in [-0.25, -0.2) is 0 Å². The van der Waals surface area contributed by atoms with Crippen LogP contribution in [0.2, 0.25) is 0 Å². The molecule has 0 aliphatic heterocycles. The number of ether oxygens (including phenoxy) is 1. The first kappa shape index (κ1) is 12.9. The van der Waals surface area contributed by atoms with Crippen LogP contribution in [-0.4, -0.2) is 24.9 Å². The molecule has 0 radical (unpaired) electrons. The number of thiocarbonyl (C=S) groups is 1. The van der Waals surface area contributed by atoms with Crippen LogP contribution in [0.4, 0.5) is 0 Å². The molecule has 2 N–H and O–H groups in total. The average molecular weight is 238 g/mol. The predicted molar refractivity (Wildman–Crippen MR) is 70.4 cm³/mol. The highest BCUT2D eigenvalue weighted by molar-refractivity contribution is 7.80. The maximum Gasteiger partial charge on any atom is 0.166 e. The van der Waals surface area contributed by atoms with Gasteiger partial charge < -0.3 is 15.4 Å². The molecule has 0 saturated carbocycles. The highest BCUT2D eigenvalue weighted by atomic mass is 32.1. The van der Waals surface area contributed by atoms with Gasteiger partial charge >= 0.3 is 0 Å². The van der Waals surface area contributed by atoms with Crippen molar-refractivity contribution in [1.29, 1.82) is 0 Å². The Kier molecular flexibility index (Phi) is 5.82. The van der Waals surface area contributed by atoms with Crippen LogP contribution in [0.25, 0.3) is 0 Å². The van der Waals surface area contributed by atoms with Crippen molar-refractivity contribution in [2.45, 2.75) is 19.6 Å². The maximum absolute atomic E-state index is 5.14. The van der Waals surface area contributed by atoms with E-state index in [1.165, 1.54) is 5.56 Å². The molecule has 4 heteroatoms. The number of nitrogens with one attached hydrogen (secondary N) is 2. The summed E-state index contributed by atoms with van der Waals surface area (Å²) in [6, 6.07) is 10.2. The molecule has 0 aliphatic carbocycles. The molecular weight excluding hydrogens is 220 g/mol. The van der Waals surface area contributed by atoms with Gasteiger partial charge in [-0.05, 0) is 24.7 Å². The molecule has 0 fully saturated rings. The fraction of sp³-hybridized carbons (Fsp3) is 0.417. The summed E-state index contributed by atoms with van der Waals surface area (Å²) in [5, 5.41) is 6.90. The summed E-state index contributed by atoms with van der Waals surface area (Å²) in [4.78, 5) is 0. The molecule has 1 aromatic rings. The second-order valence-corrected chi connectivity index (χ2v) is 4.00. The van der Waals surface area contributed by atoms with Crippen molar-refractivity contribution in [2.24, 2.45) is 0 Å². The van der Waals surface area contributed by atoms with E-state index in [1.807, 2.05) is 25.1 Å². The second kappa shape index (κ2) is 7.19.